The molecule has 0 radical (unpaired) electrons. The fraction of sp³-hybridized carbons (Fsp3) is 0.250. The van der Waals surface area contributed by atoms with Gasteiger partial charge in [-0.3, -0.25) is 9.78 Å². The van der Waals surface area contributed by atoms with E-state index in [0.717, 1.165) is 16.8 Å². The molecule has 3 aromatic rings. The van der Waals surface area contributed by atoms with Crippen LogP contribution in [0.2, 0.25) is 0 Å². The Balaban J connectivity index is 2.07. The average molecular weight is 439 g/mol. The zero-order chi connectivity index (χ0) is 22.8. The van der Waals surface area contributed by atoms with Crippen molar-refractivity contribution in [3.05, 3.63) is 77.5 Å². The number of aryl methyl sites for hydroxylation is 1. The van der Waals surface area contributed by atoms with E-state index in [9.17, 15) is 13.2 Å². The Labute approximate surface area is 183 Å². The molecule has 3 rings (SSSR count). The van der Waals surface area contributed by atoms with E-state index in [1.807, 2.05) is 52.0 Å². The maximum absolute atomic E-state index is 13.1. The van der Waals surface area contributed by atoms with Gasteiger partial charge in [0.05, 0.1) is 18.4 Å². The van der Waals surface area contributed by atoms with Crippen molar-refractivity contribution in [2.75, 3.05) is 7.11 Å². The Morgan fingerprint density at radius 2 is 1.61 bits per heavy atom. The number of para-hydroxylation sites is 1. The van der Waals surface area contributed by atoms with Crippen molar-refractivity contribution in [3.8, 4) is 17.0 Å². The van der Waals surface area contributed by atoms with Crippen LogP contribution >= 0.6 is 0 Å². The summed E-state index contributed by atoms with van der Waals surface area (Å²) in [6.45, 7) is 8.05. The molecule has 0 spiro atoms. The maximum Gasteiger partial charge on any atom is 0.268 e. The third-order valence-corrected chi connectivity index (χ3v) is 6.19. The first kappa shape index (κ1) is 22.5. The molecule has 0 unspecified atom stereocenters. The highest BCUT2D eigenvalue weighted by molar-refractivity contribution is 7.90. The lowest BCUT2D eigenvalue weighted by molar-refractivity contribution is 0.0981. The molecule has 6 nitrogen and oxygen atoms in total. The van der Waals surface area contributed by atoms with Gasteiger partial charge < -0.3 is 4.74 Å². The van der Waals surface area contributed by atoms with Crippen LogP contribution in [0.25, 0.3) is 11.3 Å². The van der Waals surface area contributed by atoms with Crippen molar-refractivity contribution in [2.45, 2.75) is 38.0 Å². The van der Waals surface area contributed by atoms with Gasteiger partial charge in [0.25, 0.3) is 15.9 Å². The zero-order valence-corrected chi connectivity index (χ0v) is 19.1. The van der Waals surface area contributed by atoms with Crippen molar-refractivity contribution in [1.29, 1.82) is 0 Å². The molecule has 31 heavy (non-hydrogen) atoms. The fourth-order valence-corrected chi connectivity index (χ4v) is 4.20. The third-order valence-electron chi connectivity index (χ3n) is 4.82. The highest BCUT2D eigenvalue weighted by Gasteiger charge is 2.26. The molecule has 0 saturated carbocycles. The van der Waals surface area contributed by atoms with E-state index in [1.54, 1.807) is 24.3 Å². The number of amides is 1. The van der Waals surface area contributed by atoms with E-state index in [2.05, 4.69) is 4.72 Å². The SMILES string of the molecule is COc1ccccc1S(=O)(=O)NC(=O)c1ccc(C(C)(C)C)nc1-c1ccc(C)cc1. The average Bonchev–Trinajstić information content (AvgIpc) is 2.73. The number of benzene rings is 2. The van der Waals surface area contributed by atoms with Gasteiger partial charge in [0.2, 0.25) is 0 Å². The third kappa shape index (κ3) is 4.94. The first-order valence-electron chi connectivity index (χ1n) is 9.81. The van der Waals surface area contributed by atoms with Crippen molar-refractivity contribution < 1.29 is 17.9 Å². The molecule has 2 aromatic carbocycles. The minimum atomic E-state index is -4.15. The molecule has 1 amide bonds. The zero-order valence-electron chi connectivity index (χ0n) is 18.3. The molecule has 0 aliphatic carbocycles. The summed E-state index contributed by atoms with van der Waals surface area (Å²) in [5.74, 6) is -0.600. The van der Waals surface area contributed by atoms with Gasteiger partial charge in [0.15, 0.2) is 0 Å². The molecule has 1 aromatic heterocycles. The van der Waals surface area contributed by atoms with E-state index in [-0.39, 0.29) is 21.6 Å². The Kier molecular flexibility index (Phi) is 6.18. The maximum atomic E-state index is 13.1. The lowest BCUT2D eigenvalue weighted by atomic mass is 9.90. The van der Waals surface area contributed by atoms with Gasteiger partial charge in [-0.25, -0.2) is 13.1 Å². The predicted molar refractivity (Wildman–Crippen MR) is 121 cm³/mol. The van der Waals surface area contributed by atoms with E-state index < -0.39 is 15.9 Å². The molecule has 0 aliphatic heterocycles. The van der Waals surface area contributed by atoms with Crippen LogP contribution in [0.5, 0.6) is 5.75 Å². The van der Waals surface area contributed by atoms with Crippen LogP contribution in [0.1, 0.15) is 42.4 Å². The van der Waals surface area contributed by atoms with Crippen LogP contribution in [0, 0.1) is 6.92 Å². The largest absolute Gasteiger partial charge is 0.495 e. The molecule has 162 valence electrons. The summed E-state index contributed by atoms with van der Waals surface area (Å²) in [4.78, 5) is 17.7. The fourth-order valence-electron chi connectivity index (χ4n) is 3.06. The summed E-state index contributed by atoms with van der Waals surface area (Å²) in [6.07, 6.45) is 0. The van der Waals surface area contributed by atoms with Crippen LogP contribution in [0.15, 0.2) is 65.6 Å². The van der Waals surface area contributed by atoms with E-state index in [0.29, 0.717) is 5.69 Å². The molecular formula is C24H26N2O4S. The number of nitrogens with one attached hydrogen (secondary N) is 1. The number of sulfonamides is 1. The Bertz CT molecular complexity index is 1210. The summed E-state index contributed by atoms with van der Waals surface area (Å²) >= 11 is 0. The van der Waals surface area contributed by atoms with Gasteiger partial charge in [-0.05, 0) is 31.2 Å². The lowest BCUT2D eigenvalue weighted by Crippen LogP contribution is -2.31. The normalized spacial score (nSPS) is 11.8. The standard InChI is InChI=1S/C24H26N2O4S/c1-16-10-12-17(13-11-16)22-18(14-15-21(25-22)24(2,3)4)23(27)26-31(28,29)20-9-7-6-8-19(20)30-5/h6-15H,1-5H3,(H,26,27). The van der Waals surface area contributed by atoms with Gasteiger partial charge in [-0.2, -0.15) is 0 Å². The number of hydrogen-bond acceptors (Lipinski definition) is 5. The summed E-state index contributed by atoms with van der Waals surface area (Å²) in [5.41, 5.74) is 2.97. The van der Waals surface area contributed by atoms with E-state index >= 15 is 0 Å². The van der Waals surface area contributed by atoms with Gasteiger partial charge in [-0.1, -0.05) is 62.7 Å². The number of nitrogens with zero attached hydrogens (tertiary/aromatic N) is 1. The molecule has 1 heterocycles. The van der Waals surface area contributed by atoms with E-state index in [4.69, 9.17) is 9.72 Å². The number of aromatic nitrogens is 1. The molecule has 1 N–H and O–H groups in total. The van der Waals surface area contributed by atoms with Gasteiger partial charge in [0.1, 0.15) is 10.6 Å². The lowest BCUT2D eigenvalue weighted by Gasteiger charge is -2.20. The van der Waals surface area contributed by atoms with Crippen LogP contribution in [-0.4, -0.2) is 26.4 Å². The van der Waals surface area contributed by atoms with Crippen LogP contribution in [-0.2, 0) is 15.4 Å². The quantitative estimate of drug-likeness (QED) is 0.635. The monoisotopic (exact) mass is 438 g/mol. The van der Waals surface area contributed by atoms with Crippen LogP contribution in [0.4, 0.5) is 0 Å². The second-order valence-electron chi connectivity index (χ2n) is 8.29. The number of hydrogen-bond donors (Lipinski definition) is 1. The van der Waals surface area contributed by atoms with Crippen molar-refractivity contribution in [3.63, 3.8) is 0 Å². The van der Waals surface area contributed by atoms with E-state index in [1.165, 1.54) is 19.2 Å². The van der Waals surface area contributed by atoms with Crippen molar-refractivity contribution in [1.82, 2.24) is 9.71 Å². The number of methoxy groups -OCH3 is 1. The minimum Gasteiger partial charge on any atom is -0.495 e. The highest BCUT2D eigenvalue weighted by atomic mass is 32.2. The van der Waals surface area contributed by atoms with Crippen LogP contribution in [0.3, 0.4) is 0 Å². The number of ether oxygens (including phenoxy) is 1. The van der Waals surface area contributed by atoms with Crippen LogP contribution < -0.4 is 9.46 Å². The number of pyridine rings is 1. The topological polar surface area (TPSA) is 85.4 Å². The minimum absolute atomic E-state index is 0.109. The predicted octanol–water partition coefficient (Wildman–Crippen LogP) is 4.48. The molecule has 0 atom stereocenters. The van der Waals surface area contributed by atoms with Gasteiger partial charge in [0, 0.05) is 16.7 Å². The Hall–Kier alpha value is -3.19. The molecule has 0 aliphatic rings. The molecule has 0 bridgehead atoms. The highest BCUT2D eigenvalue weighted by Crippen LogP contribution is 2.28. The molecular weight excluding hydrogens is 412 g/mol. The second-order valence-corrected chi connectivity index (χ2v) is 9.94. The number of rotatable bonds is 5. The number of carbonyl (C=O) groups excluding carboxylic acids is 1. The summed E-state index contributed by atoms with van der Waals surface area (Å²) in [5, 5.41) is 0. The summed E-state index contributed by atoms with van der Waals surface area (Å²) < 4.78 is 33.1. The molecule has 0 saturated heterocycles. The van der Waals surface area contributed by atoms with Gasteiger partial charge in [-0.15, -0.1) is 0 Å². The number of carbonyl (C=O) groups is 1. The molecule has 7 heteroatoms. The summed E-state index contributed by atoms with van der Waals surface area (Å²) in [7, 11) is -2.77. The Morgan fingerprint density at radius 1 is 0.968 bits per heavy atom. The first-order chi connectivity index (χ1) is 14.5. The van der Waals surface area contributed by atoms with Crippen molar-refractivity contribution in [2.24, 2.45) is 0 Å². The first-order valence-corrected chi connectivity index (χ1v) is 11.3. The second kappa shape index (κ2) is 8.51. The van der Waals surface area contributed by atoms with Crippen molar-refractivity contribution >= 4 is 15.9 Å². The molecule has 0 fully saturated rings. The smallest absolute Gasteiger partial charge is 0.268 e. The van der Waals surface area contributed by atoms with Gasteiger partial charge >= 0.3 is 0 Å². The Morgan fingerprint density at radius 3 is 2.23 bits per heavy atom. The summed E-state index contributed by atoms with van der Waals surface area (Å²) in [6, 6.07) is 17.1.